The third-order valence-electron chi connectivity index (χ3n) is 2.84. The maximum Gasteiger partial charge on any atom is 0.119 e. The maximum atomic E-state index is 10.1. The van der Waals surface area contributed by atoms with E-state index in [-0.39, 0.29) is 0 Å². The molecule has 0 bridgehead atoms. The van der Waals surface area contributed by atoms with Crippen molar-refractivity contribution in [1.29, 1.82) is 0 Å². The number of aromatic nitrogens is 1. The van der Waals surface area contributed by atoms with Gasteiger partial charge < -0.3 is 9.84 Å². The molecule has 0 saturated heterocycles. The van der Waals surface area contributed by atoms with Crippen LogP contribution in [0.3, 0.4) is 0 Å². The van der Waals surface area contributed by atoms with Crippen LogP contribution in [-0.2, 0) is 6.42 Å². The Balaban J connectivity index is 2.10. The van der Waals surface area contributed by atoms with Gasteiger partial charge >= 0.3 is 0 Å². The van der Waals surface area contributed by atoms with Crippen molar-refractivity contribution in [3.63, 3.8) is 0 Å². The van der Waals surface area contributed by atoms with Crippen LogP contribution in [0.15, 0.2) is 42.6 Å². The number of aliphatic hydroxyl groups is 1. The normalized spacial score (nSPS) is 12.2. The Hall–Kier alpha value is -1.87. The van der Waals surface area contributed by atoms with Gasteiger partial charge in [0, 0.05) is 12.6 Å². The second-order valence-corrected chi connectivity index (χ2v) is 4.33. The average molecular weight is 243 g/mol. The minimum atomic E-state index is -0.585. The summed E-state index contributed by atoms with van der Waals surface area (Å²) in [6, 6.07) is 11.5. The molecule has 0 radical (unpaired) electrons. The number of aliphatic hydroxyl groups excluding tert-OH is 1. The molecule has 0 aliphatic rings. The van der Waals surface area contributed by atoms with Crippen molar-refractivity contribution >= 4 is 0 Å². The highest BCUT2D eigenvalue weighted by Crippen LogP contribution is 2.19. The highest BCUT2D eigenvalue weighted by molar-refractivity contribution is 5.29. The summed E-state index contributed by atoms with van der Waals surface area (Å²) in [5, 5.41) is 10.1. The molecule has 3 heteroatoms. The molecule has 1 atom stereocenters. The Morgan fingerprint density at radius 2 is 2.11 bits per heavy atom. The Kier molecular flexibility index (Phi) is 3.95. The van der Waals surface area contributed by atoms with Gasteiger partial charge in [0.2, 0.25) is 0 Å². The van der Waals surface area contributed by atoms with Crippen molar-refractivity contribution in [2.75, 3.05) is 7.11 Å². The molecule has 2 aromatic rings. The average Bonchev–Trinajstić information content (AvgIpc) is 2.39. The molecule has 2 rings (SSSR count). The first kappa shape index (κ1) is 12.6. The van der Waals surface area contributed by atoms with Gasteiger partial charge in [0.05, 0.1) is 18.9 Å². The summed E-state index contributed by atoms with van der Waals surface area (Å²) in [6.07, 6.45) is 1.72. The summed E-state index contributed by atoms with van der Waals surface area (Å²) in [5.41, 5.74) is 2.82. The molecule has 1 unspecified atom stereocenters. The quantitative estimate of drug-likeness (QED) is 0.897. The van der Waals surface area contributed by atoms with Gasteiger partial charge in [0.15, 0.2) is 0 Å². The summed E-state index contributed by atoms with van der Waals surface area (Å²) >= 11 is 0. The van der Waals surface area contributed by atoms with Crippen molar-refractivity contribution in [1.82, 2.24) is 4.98 Å². The molecule has 94 valence electrons. The number of pyridine rings is 1. The summed E-state index contributed by atoms with van der Waals surface area (Å²) < 4.78 is 5.16. The van der Waals surface area contributed by atoms with Crippen molar-refractivity contribution in [3.05, 3.63) is 59.4 Å². The molecule has 1 aromatic carbocycles. The minimum Gasteiger partial charge on any atom is -0.497 e. The van der Waals surface area contributed by atoms with E-state index < -0.39 is 6.10 Å². The van der Waals surface area contributed by atoms with Crippen LogP contribution < -0.4 is 4.74 Å². The smallest absolute Gasteiger partial charge is 0.119 e. The molecule has 1 heterocycles. The highest BCUT2D eigenvalue weighted by Gasteiger charge is 2.10. The molecule has 18 heavy (non-hydrogen) atoms. The predicted octanol–water partition coefficient (Wildman–Crippen LogP) is 2.67. The molecule has 3 nitrogen and oxygen atoms in total. The topological polar surface area (TPSA) is 42.4 Å². The Morgan fingerprint density at radius 3 is 2.78 bits per heavy atom. The fraction of sp³-hybridized carbons (Fsp3) is 0.267. The predicted molar refractivity (Wildman–Crippen MR) is 70.6 cm³/mol. The Morgan fingerprint density at radius 1 is 1.28 bits per heavy atom. The van der Waals surface area contributed by atoms with Gasteiger partial charge in [-0.25, -0.2) is 0 Å². The van der Waals surface area contributed by atoms with Crippen molar-refractivity contribution < 1.29 is 9.84 Å². The van der Waals surface area contributed by atoms with Crippen LogP contribution in [0.2, 0.25) is 0 Å². The molecular weight excluding hydrogens is 226 g/mol. The van der Waals surface area contributed by atoms with Gasteiger partial charge in [-0.05, 0) is 36.2 Å². The van der Waals surface area contributed by atoms with E-state index in [1.807, 2.05) is 43.3 Å². The standard InChI is InChI=1S/C15H17NO2/c1-11-6-7-14(16-10-11)15(17)9-12-4-3-5-13(8-12)18-2/h3-8,10,15,17H,9H2,1-2H3. The third kappa shape index (κ3) is 3.08. The molecule has 0 amide bonds. The second kappa shape index (κ2) is 5.65. The van der Waals surface area contributed by atoms with Gasteiger partial charge in [0.1, 0.15) is 5.75 Å². The van der Waals surface area contributed by atoms with Crippen LogP contribution in [0.1, 0.15) is 22.9 Å². The van der Waals surface area contributed by atoms with Crippen LogP contribution in [0.5, 0.6) is 5.75 Å². The van der Waals surface area contributed by atoms with Crippen LogP contribution in [0, 0.1) is 6.92 Å². The molecule has 1 N–H and O–H groups in total. The zero-order valence-corrected chi connectivity index (χ0v) is 10.6. The number of methoxy groups -OCH3 is 1. The van der Waals surface area contributed by atoms with Crippen LogP contribution in [0.25, 0.3) is 0 Å². The maximum absolute atomic E-state index is 10.1. The van der Waals surface area contributed by atoms with E-state index in [1.165, 1.54) is 0 Å². The molecular formula is C15H17NO2. The Labute approximate surface area is 107 Å². The summed E-state index contributed by atoms with van der Waals surface area (Å²) in [7, 11) is 1.64. The molecule has 0 aliphatic carbocycles. The van der Waals surface area contributed by atoms with E-state index >= 15 is 0 Å². The lowest BCUT2D eigenvalue weighted by atomic mass is 10.0. The van der Waals surface area contributed by atoms with Crippen LogP contribution >= 0.6 is 0 Å². The second-order valence-electron chi connectivity index (χ2n) is 4.33. The van der Waals surface area contributed by atoms with Crippen LogP contribution in [-0.4, -0.2) is 17.2 Å². The van der Waals surface area contributed by atoms with Crippen molar-refractivity contribution in [2.24, 2.45) is 0 Å². The Bertz CT molecular complexity index is 508. The number of hydrogen-bond donors (Lipinski definition) is 1. The van der Waals surface area contributed by atoms with Crippen molar-refractivity contribution in [2.45, 2.75) is 19.4 Å². The summed E-state index contributed by atoms with van der Waals surface area (Å²) in [4.78, 5) is 4.24. The van der Waals surface area contributed by atoms with Gasteiger partial charge in [-0.3, -0.25) is 4.98 Å². The van der Waals surface area contributed by atoms with Gasteiger partial charge in [-0.15, -0.1) is 0 Å². The summed E-state index contributed by atoms with van der Waals surface area (Å²) in [6.45, 7) is 1.98. The largest absolute Gasteiger partial charge is 0.497 e. The number of benzene rings is 1. The number of ether oxygens (including phenoxy) is 1. The molecule has 0 spiro atoms. The van der Waals surface area contributed by atoms with E-state index in [1.54, 1.807) is 13.3 Å². The molecule has 0 fully saturated rings. The number of rotatable bonds is 4. The number of aryl methyl sites for hydroxylation is 1. The summed E-state index contributed by atoms with van der Waals surface area (Å²) in [5.74, 6) is 0.802. The first-order valence-electron chi connectivity index (χ1n) is 5.92. The molecule has 0 aliphatic heterocycles. The number of hydrogen-bond acceptors (Lipinski definition) is 3. The van der Waals surface area contributed by atoms with E-state index in [0.717, 1.165) is 16.9 Å². The lowest BCUT2D eigenvalue weighted by Gasteiger charge is -2.11. The van der Waals surface area contributed by atoms with E-state index in [9.17, 15) is 5.11 Å². The van der Waals surface area contributed by atoms with Crippen molar-refractivity contribution in [3.8, 4) is 5.75 Å². The SMILES string of the molecule is COc1cccc(CC(O)c2ccc(C)cn2)c1. The van der Waals surface area contributed by atoms with E-state index in [0.29, 0.717) is 12.1 Å². The first-order valence-corrected chi connectivity index (χ1v) is 5.92. The van der Waals surface area contributed by atoms with Gasteiger partial charge in [0.25, 0.3) is 0 Å². The third-order valence-corrected chi connectivity index (χ3v) is 2.84. The fourth-order valence-corrected chi connectivity index (χ4v) is 1.80. The van der Waals surface area contributed by atoms with E-state index in [4.69, 9.17) is 4.74 Å². The monoisotopic (exact) mass is 243 g/mol. The highest BCUT2D eigenvalue weighted by atomic mass is 16.5. The van der Waals surface area contributed by atoms with Crippen LogP contribution in [0.4, 0.5) is 0 Å². The first-order chi connectivity index (χ1) is 8.69. The zero-order chi connectivity index (χ0) is 13.0. The zero-order valence-electron chi connectivity index (χ0n) is 10.6. The van der Waals surface area contributed by atoms with E-state index in [2.05, 4.69) is 4.98 Å². The van der Waals surface area contributed by atoms with Gasteiger partial charge in [-0.1, -0.05) is 18.2 Å². The van der Waals surface area contributed by atoms with Gasteiger partial charge in [-0.2, -0.15) is 0 Å². The minimum absolute atomic E-state index is 0.535. The molecule has 0 saturated carbocycles. The fourth-order valence-electron chi connectivity index (χ4n) is 1.80. The lowest BCUT2D eigenvalue weighted by molar-refractivity contribution is 0.173. The number of nitrogens with zero attached hydrogens (tertiary/aromatic N) is 1. The lowest BCUT2D eigenvalue weighted by Crippen LogP contribution is -2.04. The molecule has 1 aromatic heterocycles.